The second kappa shape index (κ2) is 11.0. The fourth-order valence-electron chi connectivity index (χ4n) is 2.36. The van der Waals surface area contributed by atoms with Crippen molar-refractivity contribution in [3.8, 4) is 11.5 Å². The molecule has 0 aromatic heterocycles. The Hall–Kier alpha value is -1.95. The monoisotopic (exact) mass is 411 g/mol. The fourth-order valence-corrected chi connectivity index (χ4v) is 2.85. The summed E-state index contributed by atoms with van der Waals surface area (Å²) in [6.45, 7) is 4.24. The molecule has 27 heavy (non-hydrogen) atoms. The molecule has 2 N–H and O–H groups in total. The van der Waals surface area contributed by atoms with Crippen molar-refractivity contribution in [3.63, 3.8) is 0 Å². The van der Waals surface area contributed by atoms with E-state index in [2.05, 4.69) is 12.2 Å². The molecule has 1 atom stereocenters. The number of benzene rings is 2. The van der Waals surface area contributed by atoms with Crippen molar-refractivity contribution in [1.82, 2.24) is 0 Å². The van der Waals surface area contributed by atoms with Gasteiger partial charge in [0, 0.05) is 0 Å². The number of amides is 1. The zero-order valence-electron chi connectivity index (χ0n) is 15.6. The topological polar surface area (TPSA) is 52.0 Å². The Morgan fingerprint density at radius 2 is 1.56 bits per heavy atom. The minimum absolute atomic E-state index is 0.153. The lowest BCUT2D eigenvalue weighted by atomic mass is 10.3. The van der Waals surface area contributed by atoms with E-state index < -0.39 is 0 Å². The number of rotatable bonds is 10. The molecule has 1 unspecified atom stereocenters. The van der Waals surface area contributed by atoms with Crippen molar-refractivity contribution >= 4 is 34.8 Å². The standard InChI is InChI=1S/C20H24Cl2N2O3/c1-3-12-26-15-7-9-16(10-8-15)27-13-11-24(2)14-19(25)23-20-17(21)5-4-6-18(20)22/h4-10H,3,11-14H2,1-2H3,(H,23,25)/p+1. The summed E-state index contributed by atoms with van der Waals surface area (Å²) >= 11 is 12.1. The lowest BCUT2D eigenvalue weighted by Gasteiger charge is -2.15. The van der Waals surface area contributed by atoms with Gasteiger partial charge in [0.2, 0.25) is 0 Å². The molecule has 0 radical (unpaired) electrons. The molecule has 0 aliphatic rings. The van der Waals surface area contributed by atoms with E-state index in [-0.39, 0.29) is 12.5 Å². The van der Waals surface area contributed by atoms with E-state index in [9.17, 15) is 4.79 Å². The molecule has 0 saturated carbocycles. The maximum absolute atomic E-state index is 12.2. The number of hydrogen-bond acceptors (Lipinski definition) is 3. The number of anilines is 1. The molecular formula is C20H25Cl2N2O3+. The van der Waals surface area contributed by atoms with E-state index in [0.29, 0.717) is 35.5 Å². The third-order valence-electron chi connectivity index (χ3n) is 3.78. The van der Waals surface area contributed by atoms with Gasteiger partial charge in [0.15, 0.2) is 6.54 Å². The van der Waals surface area contributed by atoms with Crippen LogP contribution in [0.4, 0.5) is 5.69 Å². The van der Waals surface area contributed by atoms with Crippen LogP contribution in [0.1, 0.15) is 13.3 Å². The molecule has 0 bridgehead atoms. The minimum Gasteiger partial charge on any atom is -0.494 e. The van der Waals surface area contributed by atoms with Gasteiger partial charge in [0.25, 0.3) is 5.91 Å². The first kappa shape index (κ1) is 21.4. The molecule has 1 amide bonds. The lowest BCUT2D eigenvalue weighted by Crippen LogP contribution is -3.10. The highest BCUT2D eigenvalue weighted by Crippen LogP contribution is 2.29. The van der Waals surface area contributed by atoms with Gasteiger partial charge in [-0.05, 0) is 42.8 Å². The zero-order valence-corrected chi connectivity index (χ0v) is 17.1. The van der Waals surface area contributed by atoms with Gasteiger partial charge < -0.3 is 19.7 Å². The molecule has 0 heterocycles. The normalized spacial score (nSPS) is 11.7. The largest absolute Gasteiger partial charge is 0.494 e. The van der Waals surface area contributed by atoms with Gasteiger partial charge in [-0.3, -0.25) is 4.79 Å². The Labute approximate surface area is 170 Å². The maximum Gasteiger partial charge on any atom is 0.279 e. The smallest absolute Gasteiger partial charge is 0.279 e. The molecule has 0 aliphatic carbocycles. The SMILES string of the molecule is CCCOc1ccc(OCC[NH+](C)CC(=O)Nc2c(Cl)cccc2Cl)cc1. The van der Waals surface area contributed by atoms with Gasteiger partial charge in [-0.1, -0.05) is 36.2 Å². The zero-order chi connectivity index (χ0) is 19.6. The van der Waals surface area contributed by atoms with Crippen LogP contribution in [-0.2, 0) is 4.79 Å². The van der Waals surface area contributed by atoms with Crippen molar-refractivity contribution in [1.29, 1.82) is 0 Å². The predicted octanol–water partition coefficient (Wildman–Crippen LogP) is 3.31. The summed E-state index contributed by atoms with van der Waals surface area (Å²) in [4.78, 5) is 13.2. The minimum atomic E-state index is -0.153. The van der Waals surface area contributed by atoms with E-state index in [1.165, 1.54) is 0 Å². The van der Waals surface area contributed by atoms with Crippen LogP contribution in [0.2, 0.25) is 10.0 Å². The first-order valence-corrected chi connectivity index (χ1v) is 9.66. The highest BCUT2D eigenvalue weighted by molar-refractivity contribution is 6.39. The van der Waals surface area contributed by atoms with Crippen LogP contribution >= 0.6 is 23.2 Å². The molecule has 0 fully saturated rings. The number of ether oxygens (including phenoxy) is 2. The molecule has 2 aromatic rings. The molecule has 0 aliphatic heterocycles. The molecule has 7 heteroatoms. The number of likely N-dealkylation sites (N-methyl/N-ethyl adjacent to an activating group) is 1. The van der Waals surface area contributed by atoms with Crippen LogP contribution in [0.25, 0.3) is 0 Å². The Morgan fingerprint density at radius 1 is 1.00 bits per heavy atom. The average molecular weight is 412 g/mol. The van der Waals surface area contributed by atoms with E-state index in [0.717, 1.165) is 22.8 Å². The number of para-hydroxylation sites is 1. The van der Waals surface area contributed by atoms with Crippen molar-refractivity contribution in [2.24, 2.45) is 0 Å². The first-order chi connectivity index (χ1) is 13.0. The summed E-state index contributed by atoms with van der Waals surface area (Å²) in [6.07, 6.45) is 0.976. The van der Waals surface area contributed by atoms with E-state index in [4.69, 9.17) is 32.7 Å². The van der Waals surface area contributed by atoms with E-state index >= 15 is 0 Å². The Balaban J connectivity index is 1.72. The summed E-state index contributed by atoms with van der Waals surface area (Å²) in [5.41, 5.74) is 0.445. The number of quaternary nitrogens is 1. The third-order valence-corrected chi connectivity index (χ3v) is 4.41. The summed E-state index contributed by atoms with van der Waals surface area (Å²) in [5.74, 6) is 1.46. The van der Waals surface area contributed by atoms with Crippen LogP contribution in [0.15, 0.2) is 42.5 Å². The van der Waals surface area contributed by atoms with Crippen molar-refractivity contribution in [2.75, 3.05) is 38.7 Å². The van der Waals surface area contributed by atoms with Gasteiger partial charge in [0.1, 0.15) is 24.7 Å². The van der Waals surface area contributed by atoms with Crippen LogP contribution < -0.4 is 19.7 Å². The Kier molecular flexibility index (Phi) is 8.72. The van der Waals surface area contributed by atoms with Gasteiger partial charge in [0.05, 0.1) is 29.4 Å². The van der Waals surface area contributed by atoms with Gasteiger partial charge in [-0.2, -0.15) is 0 Å². The van der Waals surface area contributed by atoms with Crippen LogP contribution in [-0.4, -0.2) is 39.3 Å². The van der Waals surface area contributed by atoms with Crippen molar-refractivity contribution < 1.29 is 19.2 Å². The first-order valence-electron chi connectivity index (χ1n) is 8.90. The molecule has 0 spiro atoms. The molecule has 2 rings (SSSR count). The second-order valence-corrected chi connectivity index (χ2v) is 7.01. The highest BCUT2D eigenvalue weighted by atomic mass is 35.5. The van der Waals surface area contributed by atoms with Gasteiger partial charge in [-0.25, -0.2) is 0 Å². The molecule has 0 saturated heterocycles. The third kappa shape index (κ3) is 7.29. The number of hydrogen-bond donors (Lipinski definition) is 2. The fraction of sp³-hybridized carbons (Fsp3) is 0.350. The Morgan fingerprint density at radius 3 is 2.11 bits per heavy atom. The van der Waals surface area contributed by atoms with Crippen molar-refractivity contribution in [2.45, 2.75) is 13.3 Å². The lowest BCUT2D eigenvalue weighted by molar-refractivity contribution is -0.871. The number of nitrogens with one attached hydrogen (secondary N) is 2. The van der Waals surface area contributed by atoms with Crippen LogP contribution in [0.5, 0.6) is 11.5 Å². The summed E-state index contributed by atoms with van der Waals surface area (Å²) in [7, 11) is 1.93. The molecule has 5 nitrogen and oxygen atoms in total. The van der Waals surface area contributed by atoms with Crippen molar-refractivity contribution in [3.05, 3.63) is 52.5 Å². The molecular weight excluding hydrogens is 387 g/mol. The molecule has 2 aromatic carbocycles. The van der Waals surface area contributed by atoms with Crippen LogP contribution in [0, 0.1) is 0 Å². The average Bonchev–Trinajstić information content (AvgIpc) is 2.64. The highest BCUT2D eigenvalue weighted by Gasteiger charge is 2.14. The van der Waals surface area contributed by atoms with E-state index in [1.54, 1.807) is 18.2 Å². The summed E-state index contributed by atoms with van der Waals surface area (Å²) in [5, 5.41) is 3.60. The van der Waals surface area contributed by atoms with Gasteiger partial charge >= 0.3 is 0 Å². The Bertz CT molecular complexity index is 718. The maximum atomic E-state index is 12.2. The second-order valence-electron chi connectivity index (χ2n) is 6.20. The number of carbonyl (C=O) groups is 1. The van der Waals surface area contributed by atoms with Gasteiger partial charge in [-0.15, -0.1) is 0 Å². The number of carbonyl (C=O) groups excluding carboxylic acids is 1. The quantitative estimate of drug-likeness (QED) is 0.630. The van der Waals surface area contributed by atoms with Crippen LogP contribution in [0.3, 0.4) is 0 Å². The molecule has 146 valence electrons. The summed E-state index contributed by atoms with van der Waals surface area (Å²) < 4.78 is 11.3. The number of halogens is 2. The summed E-state index contributed by atoms with van der Waals surface area (Å²) in [6, 6.07) is 12.7. The predicted molar refractivity (Wildman–Crippen MR) is 109 cm³/mol. The van der Waals surface area contributed by atoms with E-state index in [1.807, 2.05) is 31.3 Å².